The van der Waals surface area contributed by atoms with Crippen molar-refractivity contribution in [3.05, 3.63) is 45.9 Å². The van der Waals surface area contributed by atoms with E-state index in [1.165, 1.54) is 25.3 Å². The Hall–Kier alpha value is -2.37. The number of non-ortho nitro benzene ring substituents is 1. The molecule has 0 radical (unpaired) electrons. The Balaban J connectivity index is 2.87. The van der Waals surface area contributed by atoms with Crippen LogP contribution in [-0.2, 0) is 4.79 Å². The minimum Gasteiger partial charge on any atom is -0.299 e. The van der Waals surface area contributed by atoms with Crippen molar-refractivity contribution >= 4 is 22.4 Å². The van der Waals surface area contributed by atoms with Crippen molar-refractivity contribution < 1.29 is 14.1 Å². The predicted molar refractivity (Wildman–Crippen MR) is 67.5 cm³/mol. The van der Waals surface area contributed by atoms with Gasteiger partial charge in [-0.25, -0.2) is 4.39 Å². The highest BCUT2D eigenvalue weighted by atomic mass is 19.1. The van der Waals surface area contributed by atoms with E-state index >= 15 is 0 Å². The van der Waals surface area contributed by atoms with Gasteiger partial charge in [0, 0.05) is 17.7 Å². The summed E-state index contributed by atoms with van der Waals surface area (Å²) in [7, 11) is 0. The largest absolute Gasteiger partial charge is 0.299 e. The molecule has 0 fully saturated rings. The van der Waals surface area contributed by atoms with Gasteiger partial charge in [0.2, 0.25) is 0 Å². The molecule has 0 amide bonds. The van der Waals surface area contributed by atoms with Crippen LogP contribution in [-0.4, -0.2) is 15.7 Å². The molecular formula is C13H11FN2O3. The van der Waals surface area contributed by atoms with E-state index in [-0.39, 0.29) is 27.9 Å². The molecule has 1 heterocycles. The van der Waals surface area contributed by atoms with Crippen LogP contribution in [0.1, 0.15) is 25.3 Å². The summed E-state index contributed by atoms with van der Waals surface area (Å²) in [6.45, 7) is 2.90. The molecular weight excluding hydrogens is 251 g/mol. The fourth-order valence-corrected chi connectivity index (χ4v) is 1.98. The predicted octanol–water partition coefficient (Wildman–Crippen LogP) is 2.97. The maximum Gasteiger partial charge on any atom is 0.281 e. The van der Waals surface area contributed by atoms with Crippen molar-refractivity contribution in [2.24, 2.45) is 0 Å². The summed E-state index contributed by atoms with van der Waals surface area (Å²) in [5, 5.41) is 11.2. The number of carbonyl (C=O) groups is 1. The molecule has 0 saturated heterocycles. The Morgan fingerprint density at radius 2 is 2.21 bits per heavy atom. The van der Waals surface area contributed by atoms with Crippen molar-refractivity contribution in [2.75, 3.05) is 0 Å². The van der Waals surface area contributed by atoms with Crippen LogP contribution in [0.5, 0.6) is 0 Å². The number of rotatable bonds is 3. The molecule has 1 atom stereocenters. The molecule has 1 aromatic heterocycles. The minimum absolute atomic E-state index is 0.105. The number of nitro benzene ring substituents is 1. The summed E-state index contributed by atoms with van der Waals surface area (Å²) < 4.78 is 14.1. The lowest BCUT2D eigenvalue weighted by Gasteiger charge is -2.12. The number of nitrogens with zero attached hydrogens (tertiary/aromatic N) is 2. The first-order valence-electron chi connectivity index (χ1n) is 5.65. The summed E-state index contributed by atoms with van der Waals surface area (Å²) in [6, 6.07) is 3.88. The van der Waals surface area contributed by atoms with E-state index in [1.54, 1.807) is 6.92 Å². The number of Topliss-reactive ketones (excluding diaryl/α,β-unsaturated/α-hetero) is 1. The average molecular weight is 262 g/mol. The van der Waals surface area contributed by atoms with E-state index in [0.29, 0.717) is 0 Å². The fraction of sp³-hybridized carbons (Fsp3) is 0.231. The summed E-state index contributed by atoms with van der Waals surface area (Å²) in [4.78, 5) is 25.7. The first-order chi connectivity index (χ1) is 8.93. The third-order valence-corrected chi connectivity index (χ3v) is 3.10. The van der Waals surface area contributed by atoms with E-state index in [2.05, 4.69) is 4.98 Å². The number of benzene rings is 1. The molecule has 0 spiro atoms. The number of halogens is 1. The summed E-state index contributed by atoms with van der Waals surface area (Å²) >= 11 is 0. The number of ketones is 1. The first-order valence-corrected chi connectivity index (χ1v) is 5.65. The van der Waals surface area contributed by atoms with Gasteiger partial charge in [0.25, 0.3) is 5.69 Å². The quantitative estimate of drug-likeness (QED) is 0.629. The third-order valence-electron chi connectivity index (χ3n) is 3.10. The monoisotopic (exact) mass is 262 g/mol. The molecule has 19 heavy (non-hydrogen) atoms. The van der Waals surface area contributed by atoms with Gasteiger partial charge in [-0.05, 0) is 19.1 Å². The maximum absolute atomic E-state index is 14.1. The van der Waals surface area contributed by atoms with Crippen molar-refractivity contribution in [1.29, 1.82) is 0 Å². The highest BCUT2D eigenvalue weighted by Crippen LogP contribution is 2.33. The Bertz CT molecular complexity index is 685. The lowest BCUT2D eigenvalue weighted by molar-refractivity contribution is -0.383. The van der Waals surface area contributed by atoms with E-state index in [1.807, 2.05) is 0 Å². The van der Waals surface area contributed by atoms with E-state index in [9.17, 15) is 19.3 Å². The van der Waals surface area contributed by atoms with Crippen LogP contribution in [0.4, 0.5) is 10.1 Å². The topological polar surface area (TPSA) is 73.1 Å². The zero-order chi connectivity index (χ0) is 14.2. The SMILES string of the molecule is CC(=O)C(C)c1c(F)cc([N+](=O)[O-])c2cccnc12. The molecule has 0 aliphatic rings. The normalized spacial score (nSPS) is 12.4. The fourth-order valence-electron chi connectivity index (χ4n) is 1.98. The number of carbonyl (C=O) groups excluding carboxylic acids is 1. The Morgan fingerprint density at radius 1 is 1.53 bits per heavy atom. The van der Waals surface area contributed by atoms with Gasteiger partial charge in [-0.1, -0.05) is 6.92 Å². The van der Waals surface area contributed by atoms with Crippen LogP contribution < -0.4 is 0 Å². The molecule has 0 saturated carbocycles. The molecule has 1 aromatic carbocycles. The van der Waals surface area contributed by atoms with Crippen molar-refractivity contribution in [3.63, 3.8) is 0 Å². The number of fused-ring (bicyclic) bond motifs is 1. The molecule has 0 aliphatic carbocycles. The van der Waals surface area contributed by atoms with Crippen LogP contribution in [0.3, 0.4) is 0 Å². The molecule has 2 aromatic rings. The molecule has 5 nitrogen and oxygen atoms in total. The second-order valence-corrected chi connectivity index (χ2v) is 4.28. The van der Waals surface area contributed by atoms with Gasteiger partial charge in [-0.15, -0.1) is 0 Å². The van der Waals surface area contributed by atoms with E-state index < -0.39 is 16.7 Å². The smallest absolute Gasteiger partial charge is 0.281 e. The highest BCUT2D eigenvalue weighted by Gasteiger charge is 2.24. The van der Waals surface area contributed by atoms with Crippen molar-refractivity contribution in [2.45, 2.75) is 19.8 Å². The Kier molecular flexibility index (Phi) is 3.25. The zero-order valence-electron chi connectivity index (χ0n) is 10.4. The van der Waals surface area contributed by atoms with Crippen LogP contribution in [0.15, 0.2) is 24.4 Å². The molecule has 1 unspecified atom stereocenters. The van der Waals surface area contributed by atoms with Crippen LogP contribution in [0.25, 0.3) is 10.9 Å². The Morgan fingerprint density at radius 3 is 2.79 bits per heavy atom. The van der Waals surface area contributed by atoms with Gasteiger partial charge < -0.3 is 0 Å². The molecule has 98 valence electrons. The van der Waals surface area contributed by atoms with E-state index in [0.717, 1.165) is 6.07 Å². The number of aromatic nitrogens is 1. The zero-order valence-corrected chi connectivity index (χ0v) is 10.4. The lowest BCUT2D eigenvalue weighted by Crippen LogP contribution is -2.09. The standard InChI is InChI=1S/C13H11FN2O3/c1-7(8(2)17)12-10(14)6-11(16(18)19)9-4-3-5-15-13(9)12/h3-7H,1-2H3. The van der Waals surface area contributed by atoms with Crippen molar-refractivity contribution in [1.82, 2.24) is 4.98 Å². The first kappa shape index (κ1) is 13.1. The van der Waals surface area contributed by atoms with Gasteiger partial charge in [-0.3, -0.25) is 19.9 Å². The molecule has 6 heteroatoms. The van der Waals surface area contributed by atoms with Gasteiger partial charge in [0.1, 0.15) is 11.6 Å². The number of hydrogen-bond donors (Lipinski definition) is 0. The minimum atomic E-state index is -0.777. The molecule has 0 aliphatic heterocycles. The van der Waals surface area contributed by atoms with Crippen LogP contribution in [0, 0.1) is 15.9 Å². The average Bonchev–Trinajstić information content (AvgIpc) is 2.36. The van der Waals surface area contributed by atoms with E-state index in [4.69, 9.17) is 0 Å². The molecule has 0 N–H and O–H groups in total. The Labute approximate surface area is 108 Å². The second kappa shape index (κ2) is 4.72. The number of hydrogen-bond acceptors (Lipinski definition) is 4. The van der Waals surface area contributed by atoms with Crippen LogP contribution >= 0.6 is 0 Å². The summed E-state index contributed by atoms with van der Waals surface area (Å²) in [5.74, 6) is -1.70. The van der Waals surface area contributed by atoms with Crippen molar-refractivity contribution in [3.8, 4) is 0 Å². The number of pyridine rings is 1. The highest BCUT2D eigenvalue weighted by molar-refractivity contribution is 5.95. The summed E-state index contributed by atoms with van der Waals surface area (Å²) in [5.41, 5.74) is -0.0781. The lowest BCUT2D eigenvalue weighted by atomic mass is 9.93. The molecule has 2 rings (SSSR count). The van der Waals surface area contributed by atoms with Gasteiger partial charge >= 0.3 is 0 Å². The second-order valence-electron chi connectivity index (χ2n) is 4.28. The van der Waals surface area contributed by atoms with Crippen LogP contribution in [0.2, 0.25) is 0 Å². The number of nitro groups is 1. The third kappa shape index (κ3) is 2.16. The van der Waals surface area contributed by atoms with Gasteiger partial charge in [0.15, 0.2) is 0 Å². The van der Waals surface area contributed by atoms with Gasteiger partial charge in [-0.2, -0.15) is 0 Å². The summed E-state index contributed by atoms with van der Waals surface area (Å²) in [6.07, 6.45) is 1.42. The maximum atomic E-state index is 14.1. The van der Waals surface area contributed by atoms with Gasteiger partial charge in [0.05, 0.1) is 21.9 Å². The molecule has 0 bridgehead atoms.